The molecule has 1 N–H and O–H groups in total. The molecule has 0 saturated heterocycles. The Labute approximate surface area is 132 Å². The Morgan fingerprint density at radius 3 is 2.57 bits per heavy atom. The fourth-order valence-electron chi connectivity index (χ4n) is 3.24. The van der Waals surface area contributed by atoms with E-state index in [-0.39, 0.29) is 6.61 Å². The lowest BCUT2D eigenvalue weighted by Crippen LogP contribution is -2.38. The van der Waals surface area contributed by atoms with Crippen molar-refractivity contribution in [2.45, 2.75) is 78.2 Å². The molecule has 0 atom stereocenters. The fourth-order valence-corrected chi connectivity index (χ4v) is 3.53. The second-order valence-electron chi connectivity index (χ2n) is 5.85. The maximum Gasteiger partial charge on any atom is 0.199 e. The lowest BCUT2D eigenvalue weighted by Gasteiger charge is -2.33. The molecule has 120 valence electrons. The summed E-state index contributed by atoms with van der Waals surface area (Å²) in [5.41, 5.74) is 0. The molecule has 1 fully saturated rings. The molecule has 0 amide bonds. The fraction of sp³-hybridized carbons (Fsp3) is 0.867. The zero-order valence-corrected chi connectivity index (χ0v) is 14.1. The van der Waals surface area contributed by atoms with Crippen molar-refractivity contribution in [1.82, 2.24) is 19.2 Å². The zero-order valence-electron chi connectivity index (χ0n) is 13.3. The van der Waals surface area contributed by atoms with Gasteiger partial charge in [0.25, 0.3) is 0 Å². The summed E-state index contributed by atoms with van der Waals surface area (Å²) in [6.45, 7) is 6.84. The van der Waals surface area contributed by atoms with Crippen molar-refractivity contribution in [3.05, 3.63) is 10.6 Å². The van der Waals surface area contributed by atoms with Gasteiger partial charge in [-0.2, -0.15) is 5.10 Å². The molecule has 2 rings (SSSR count). The quantitative estimate of drug-likeness (QED) is 0.786. The number of aliphatic hydroxyl groups is 1. The van der Waals surface area contributed by atoms with Crippen molar-refractivity contribution in [1.29, 1.82) is 0 Å². The first-order chi connectivity index (χ1) is 10.2. The average Bonchev–Trinajstić information content (AvgIpc) is 2.82. The lowest BCUT2D eigenvalue weighted by molar-refractivity contribution is 0.118. The maximum atomic E-state index is 9.47. The van der Waals surface area contributed by atoms with E-state index in [2.05, 4.69) is 23.8 Å². The van der Waals surface area contributed by atoms with Crippen LogP contribution < -0.4 is 0 Å². The number of hydrogen-bond acceptors (Lipinski definition) is 4. The van der Waals surface area contributed by atoms with Crippen molar-refractivity contribution in [3.63, 3.8) is 0 Å². The molecule has 1 aromatic heterocycles. The summed E-state index contributed by atoms with van der Waals surface area (Å²) in [5, 5.41) is 14.0. The molecule has 0 spiro atoms. The molecule has 0 bridgehead atoms. The van der Waals surface area contributed by atoms with E-state index in [1.54, 1.807) is 0 Å². The van der Waals surface area contributed by atoms with E-state index in [0.717, 1.165) is 31.0 Å². The van der Waals surface area contributed by atoms with Crippen LogP contribution in [0.4, 0.5) is 0 Å². The SMILES string of the molecule is CCCn1c(CO)nn(CN(CC)C2CCCCC2)c1=S. The van der Waals surface area contributed by atoms with Gasteiger partial charge in [0.05, 0.1) is 6.67 Å². The van der Waals surface area contributed by atoms with E-state index in [9.17, 15) is 5.11 Å². The van der Waals surface area contributed by atoms with Gasteiger partial charge in [-0.1, -0.05) is 33.1 Å². The van der Waals surface area contributed by atoms with Crippen LogP contribution in [0.5, 0.6) is 0 Å². The van der Waals surface area contributed by atoms with E-state index in [1.807, 2.05) is 9.25 Å². The minimum absolute atomic E-state index is 0.0494. The Bertz CT molecular complexity index is 490. The second-order valence-corrected chi connectivity index (χ2v) is 6.21. The third-order valence-corrected chi connectivity index (χ3v) is 4.83. The van der Waals surface area contributed by atoms with Crippen molar-refractivity contribution in [3.8, 4) is 0 Å². The summed E-state index contributed by atoms with van der Waals surface area (Å²) in [5.74, 6) is 0.682. The largest absolute Gasteiger partial charge is 0.388 e. The number of aliphatic hydroxyl groups excluding tert-OH is 1. The highest BCUT2D eigenvalue weighted by Gasteiger charge is 2.21. The van der Waals surface area contributed by atoms with Crippen LogP contribution in [-0.4, -0.2) is 36.9 Å². The Hall–Kier alpha value is -0.720. The molecule has 0 radical (unpaired) electrons. The highest BCUT2D eigenvalue weighted by Crippen LogP contribution is 2.23. The first-order valence-electron chi connectivity index (χ1n) is 8.22. The Morgan fingerprint density at radius 2 is 2.00 bits per heavy atom. The van der Waals surface area contributed by atoms with Crippen LogP contribution >= 0.6 is 12.2 Å². The van der Waals surface area contributed by atoms with Gasteiger partial charge in [-0.05, 0) is 38.0 Å². The number of nitrogens with zero attached hydrogens (tertiary/aromatic N) is 4. The smallest absolute Gasteiger partial charge is 0.199 e. The van der Waals surface area contributed by atoms with Gasteiger partial charge in [-0.3, -0.25) is 4.90 Å². The molecule has 1 aliphatic carbocycles. The summed E-state index contributed by atoms with van der Waals surface area (Å²) in [6.07, 6.45) is 7.59. The Morgan fingerprint density at radius 1 is 1.29 bits per heavy atom. The maximum absolute atomic E-state index is 9.47. The van der Waals surface area contributed by atoms with Crippen LogP contribution in [0.2, 0.25) is 0 Å². The molecule has 5 nitrogen and oxygen atoms in total. The summed E-state index contributed by atoms with van der Waals surface area (Å²) in [7, 11) is 0. The van der Waals surface area contributed by atoms with Gasteiger partial charge in [0.2, 0.25) is 0 Å². The molecule has 0 aliphatic heterocycles. The molecular formula is C15H28N4OS. The third kappa shape index (κ3) is 3.93. The summed E-state index contributed by atoms with van der Waals surface area (Å²) in [6, 6.07) is 0.652. The van der Waals surface area contributed by atoms with Crippen molar-refractivity contribution >= 4 is 12.2 Å². The zero-order chi connectivity index (χ0) is 15.2. The lowest BCUT2D eigenvalue weighted by atomic mass is 9.94. The second kappa shape index (κ2) is 8.06. The van der Waals surface area contributed by atoms with Gasteiger partial charge in [0.1, 0.15) is 6.61 Å². The minimum atomic E-state index is -0.0494. The van der Waals surface area contributed by atoms with Crippen LogP contribution in [0.3, 0.4) is 0 Å². The van der Waals surface area contributed by atoms with Crippen molar-refractivity contribution in [2.75, 3.05) is 6.54 Å². The van der Waals surface area contributed by atoms with Crippen LogP contribution in [0.25, 0.3) is 0 Å². The van der Waals surface area contributed by atoms with Gasteiger partial charge in [0.15, 0.2) is 10.6 Å². The highest BCUT2D eigenvalue weighted by molar-refractivity contribution is 7.71. The number of hydrogen-bond donors (Lipinski definition) is 1. The Kier molecular flexibility index (Phi) is 6.39. The molecule has 1 saturated carbocycles. The molecule has 0 unspecified atom stereocenters. The topological polar surface area (TPSA) is 46.2 Å². The average molecular weight is 312 g/mol. The highest BCUT2D eigenvalue weighted by atomic mass is 32.1. The predicted molar refractivity (Wildman–Crippen MR) is 86.5 cm³/mol. The van der Waals surface area contributed by atoms with Gasteiger partial charge in [-0.15, -0.1) is 0 Å². The van der Waals surface area contributed by atoms with E-state index < -0.39 is 0 Å². The van der Waals surface area contributed by atoms with Gasteiger partial charge >= 0.3 is 0 Å². The van der Waals surface area contributed by atoms with Crippen LogP contribution in [0.1, 0.15) is 58.2 Å². The molecular weight excluding hydrogens is 284 g/mol. The van der Waals surface area contributed by atoms with E-state index in [4.69, 9.17) is 12.2 Å². The standard InChI is InChI=1S/C15H28N4OS/c1-3-10-18-14(11-20)16-19(15(18)21)12-17(4-2)13-8-6-5-7-9-13/h13,20H,3-12H2,1-2H3. The molecule has 1 aliphatic rings. The van der Waals surface area contributed by atoms with E-state index in [0.29, 0.717) is 11.9 Å². The molecule has 0 aromatic carbocycles. The molecule has 1 aromatic rings. The van der Waals surface area contributed by atoms with Crippen LogP contribution in [0, 0.1) is 4.77 Å². The van der Waals surface area contributed by atoms with Gasteiger partial charge in [-0.25, -0.2) is 4.68 Å². The first kappa shape index (κ1) is 16.6. The van der Waals surface area contributed by atoms with Crippen molar-refractivity contribution < 1.29 is 5.11 Å². The third-order valence-electron chi connectivity index (χ3n) is 4.40. The monoisotopic (exact) mass is 312 g/mol. The first-order valence-corrected chi connectivity index (χ1v) is 8.63. The summed E-state index contributed by atoms with van der Waals surface area (Å²) in [4.78, 5) is 2.47. The minimum Gasteiger partial charge on any atom is -0.388 e. The van der Waals surface area contributed by atoms with E-state index in [1.165, 1.54) is 32.1 Å². The summed E-state index contributed by atoms with van der Waals surface area (Å²) >= 11 is 5.54. The number of rotatable bonds is 7. The van der Waals surface area contributed by atoms with Crippen LogP contribution in [0.15, 0.2) is 0 Å². The number of aromatic nitrogens is 3. The molecule has 1 heterocycles. The van der Waals surface area contributed by atoms with E-state index >= 15 is 0 Å². The predicted octanol–water partition coefficient (Wildman–Crippen LogP) is 2.93. The summed E-state index contributed by atoms with van der Waals surface area (Å²) < 4.78 is 4.58. The van der Waals surface area contributed by atoms with Gasteiger partial charge < -0.3 is 9.67 Å². The normalized spacial score (nSPS) is 16.8. The van der Waals surface area contributed by atoms with Crippen LogP contribution in [-0.2, 0) is 19.8 Å². The molecule has 6 heteroatoms. The van der Waals surface area contributed by atoms with Crippen molar-refractivity contribution in [2.24, 2.45) is 0 Å². The molecule has 21 heavy (non-hydrogen) atoms. The Balaban J connectivity index is 2.15. The van der Waals surface area contributed by atoms with Gasteiger partial charge in [0, 0.05) is 12.6 Å².